The molecule has 0 unspecified atom stereocenters. The number of nitrogens with zero attached hydrogens (tertiary/aromatic N) is 3. The van der Waals surface area contributed by atoms with Gasteiger partial charge in [0.1, 0.15) is 5.88 Å². The van der Waals surface area contributed by atoms with Crippen LogP contribution in [0.3, 0.4) is 0 Å². The molecule has 0 aliphatic heterocycles. The van der Waals surface area contributed by atoms with Gasteiger partial charge in [-0.1, -0.05) is 54.0 Å². The van der Waals surface area contributed by atoms with Crippen LogP contribution < -0.4 is 9.80 Å². The summed E-state index contributed by atoms with van der Waals surface area (Å²) in [6, 6.07) is 8.94. The van der Waals surface area contributed by atoms with Gasteiger partial charge in [0.05, 0.1) is 17.8 Å². The molecule has 1 aromatic carbocycles. The lowest BCUT2D eigenvalue weighted by Crippen LogP contribution is -2.60. The first-order valence-electron chi connectivity index (χ1n) is 6.59. The van der Waals surface area contributed by atoms with Gasteiger partial charge in [0, 0.05) is 11.3 Å². The zero-order valence-corrected chi connectivity index (χ0v) is 13.0. The van der Waals surface area contributed by atoms with Crippen molar-refractivity contribution in [3.63, 3.8) is 0 Å². The van der Waals surface area contributed by atoms with Gasteiger partial charge < -0.3 is 10.3 Å². The van der Waals surface area contributed by atoms with Crippen molar-refractivity contribution in [3.05, 3.63) is 47.8 Å². The molecule has 22 heavy (non-hydrogen) atoms. The van der Waals surface area contributed by atoms with Gasteiger partial charge in [-0.2, -0.15) is 0 Å². The molecule has 116 valence electrons. The van der Waals surface area contributed by atoms with Crippen LogP contribution in [0.5, 0.6) is 0 Å². The first-order valence-corrected chi connectivity index (χ1v) is 7.58. The Labute approximate surface area is 132 Å². The normalized spacial score (nSPS) is 11.9. The zero-order valence-electron chi connectivity index (χ0n) is 12.2. The fourth-order valence-corrected chi connectivity index (χ4v) is 2.58. The minimum Gasteiger partial charge on any atom is -0.660 e. The Hall–Kier alpha value is -2.35. The van der Waals surface area contributed by atoms with Crippen LogP contribution in [0.4, 0.5) is 5.88 Å². The van der Waals surface area contributed by atoms with E-state index in [0.717, 1.165) is 16.6 Å². The van der Waals surface area contributed by atoms with Crippen LogP contribution in [-0.4, -0.2) is 29.1 Å². The molecule has 7 nitrogen and oxygen atoms in total. The van der Waals surface area contributed by atoms with Crippen molar-refractivity contribution in [1.82, 2.24) is 5.27 Å². The molecule has 0 aliphatic carbocycles. The van der Waals surface area contributed by atoms with E-state index in [1.807, 2.05) is 6.07 Å². The Morgan fingerprint density at radius 3 is 2.68 bits per heavy atom. The number of carbonyl (C=O) groups excluding carboxylic acids is 2. The molecule has 1 atom stereocenters. The number of nitrogens with one attached hydrogen (secondary N) is 1. The largest absolute Gasteiger partial charge is 0.660 e. The van der Waals surface area contributed by atoms with Crippen molar-refractivity contribution in [1.29, 1.82) is 0 Å². The standard InChI is InChI=1S/C14H16N4O3S/c1-10(9-22-14(20)11-6-4-3-5-7-11)13(19)17(2)18-8-12(15)21-16-18/h3-8,10H,9H2,1-2H3,(H-,15,16)/t10-/m1/s1. The van der Waals surface area contributed by atoms with Crippen molar-refractivity contribution in [3.8, 4) is 0 Å². The third kappa shape index (κ3) is 3.85. The average Bonchev–Trinajstić information content (AvgIpc) is 2.98. The summed E-state index contributed by atoms with van der Waals surface area (Å²) < 4.78 is 4.60. The number of hydrogen-bond donors (Lipinski definition) is 0. The summed E-state index contributed by atoms with van der Waals surface area (Å²) in [5, 5.41) is 4.73. The summed E-state index contributed by atoms with van der Waals surface area (Å²) in [6.45, 7) is 1.74. The quantitative estimate of drug-likeness (QED) is 0.785. The molecule has 0 spiro atoms. The summed E-state index contributed by atoms with van der Waals surface area (Å²) in [6.07, 6.45) is 1.28. The smallest absolute Gasteiger partial charge is 0.283 e. The maximum Gasteiger partial charge on any atom is 0.283 e. The van der Waals surface area contributed by atoms with Crippen molar-refractivity contribution in [2.24, 2.45) is 5.92 Å². The molecule has 8 heteroatoms. The van der Waals surface area contributed by atoms with Crippen LogP contribution >= 0.6 is 11.8 Å². The molecule has 0 saturated heterocycles. The van der Waals surface area contributed by atoms with Gasteiger partial charge in [-0.3, -0.25) is 9.59 Å². The highest BCUT2D eigenvalue weighted by Gasteiger charge is 2.27. The van der Waals surface area contributed by atoms with E-state index in [4.69, 9.17) is 5.73 Å². The van der Waals surface area contributed by atoms with Gasteiger partial charge in [-0.05, 0) is 0 Å². The summed E-state index contributed by atoms with van der Waals surface area (Å²) >= 11 is 1.11. The monoisotopic (exact) mass is 320 g/mol. The molecule has 1 N–H and O–H groups in total. The van der Waals surface area contributed by atoms with Gasteiger partial charge in [-0.25, -0.2) is 0 Å². The van der Waals surface area contributed by atoms with Crippen LogP contribution in [0.2, 0.25) is 0 Å². The maximum atomic E-state index is 12.2. The summed E-state index contributed by atoms with van der Waals surface area (Å²) in [7, 11) is 1.53. The first kappa shape index (κ1) is 16.0. The second-order valence-electron chi connectivity index (χ2n) is 4.71. The van der Waals surface area contributed by atoms with Crippen LogP contribution in [0.15, 0.2) is 41.1 Å². The van der Waals surface area contributed by atoms with Crippen LogP contribution in [-0.2, 0) is 4.79 Å². The van der Waals surface area contributed by atoms with Gasteiger partial charge >= 0.3 is 0 Å². The molecule has 1 heterocycles. The SMILES string of the molecule is C[C@H](CSC(=O)c1ccccc1)C(=O)N(C)[n+]1cc([NH-])on1. The molecule has 0 fully saturated rings. The van der Waals surface area contributed by atoms with Crippen LogP contribution in [0.25, 0.3) is 5.73 Å². The topological polar surface area (TPSA) is 91.1 Å². The Kier molecular flexibility index (Phi) is 5.16. The number of amides is 1. The van der Waals surface area contributed by atoms with E-state index in [1.54, 1.807) is 31.2 Å². The summed E-state index contributed by atoms with van der Waals surface area (Å²) in [5.41, 5.74) is 7.87. The first-order chi connectivity index (χ1) is 10.5. The van der Waals surface area contributed by atoms with Gasteiger partial charge in [-0.15, -0.1) is 0 Å². The summed E-state index contributed by atoms with van der Waals surface area (Å²) in [5.74, 6) is -0.364. The second kappa shape index (κ2) is 7.08. The summed E-state index contributed by atoms with van der Waals surface area (Å²) in [4.78, 5) is 25.4. The zero-order chi connectivity index (χ0) is 16.1. The molecule has 0 radical (unpaired) electrons. The fraction of sp³-hybridized carbons (Fsp3) is 0.286. The highest BCUT2D eigenvalue weighted by molar-refractivity contribution is 8.14. The number of benzene rings is 1. The number of thioether (sulfide) groups is 1. The molecule has 1 amide bonds. The lowest BCUT2D eigenvalue weighted by atomic mass is 10.2. The van der Waals surface area contributed by atoms with E-state index < -0.39 is 0 Å². The van der Waals surface area contributed by atoms with E-state index in [-0.39, 0.29) is 22.8 Å². The molecule has 2 rings (SSSR count). The molecule has 0 bridgehead atoms. The van der Waals surface area contributed by atoms with Crippen LogP contribution in [0.1, 0.15) is 17.3 Å². The predicted octanol–water partition coefficient (Wildman–Crippen LogP) is 1.95. The van der Waals surface area contributed by atoms with E-state index in [2.05, 4.69) is 9.79 Å². The third-order valence-corrected chi connectivity index (χ3v) is 4.14. The lowest BCUT2D eigenvalue weighted by Gasteiger charge is -2.12. The van der Waals surface area contributed by atoms with Gasteiger partial charge in [0.2, 0.25) is 10.4 Å². The molecular weight excluding hydrogens is 304 g/mol. The van der Waals surface area contributed by atoms with E-state index in [1.165, 1.54) is 18.3 Å². The number of hydrogen-bond acceptors (Lipinski definition) is 5. The number of aromatic nitrogens is 2. The van der Waals surface area contributed by atoms with Crippen molar-refractivity contribution >= 4 is 28.7 Å². The molecular formula is C14H16N4O3S. The minimum atomic E-state index is -0.374. The lowest BCUT2D eigenvalue weighted by molar-refractivity contribution is -0.747. The Morgan fingerprint density at radius 1 is 1.41 bits per heavy atom. The maximum absolute atomic E-state index is 12.2. The van der Waals surface area contributed by atoms with Crippen LogP contribution in [0, 0.1) is 5.92 Å². The van der Waals surface area contributed by atoms with Crippen molar-refractivity contribution in [2.45, 2.75) is 6.92 Å². The molecule has 0 saturated carbocycles. The van der Waals surface area contributed by atoms with E-state index >= 15 is 0 Å². The Morgan fingerprint density at radius 2 is 2.09 bits per heavy atom. The van der Waals surface area contributed by atoms with Gasteiger partial charge in [0.25, 0.3) is 12.1 Å². The number of rotatable bonds is 5. The molecule has 1 aromatic heterocycles. The fourth-order valence-electron chi connectivity index (χ4n) is 1.73. The highest BCUT2D eigenvalue weighted by Crippen LogP contribution is 2.16. The van der Waals surface area contributed by atoms with Crippen molar-refractivity contribution in [2.75, 3.05) is 17.8 Å². The van der Waals surface area contributed by atoms with Gasteiger partial charge in [0.15, 0.2) is 0 Å². The van der Waals surface area contributed by atoms with Crippen molar-refractivity contribution < 1.29 is 18.9 Å². The Balaban J connectivity index is 1.90. The highest BCUT2D eigenvalue weighted by atomic mass is 32.2. The number of carbonyl (C=O) groups is 2. The van der Waals surface area contributed by atoms with E-state index in [0.29, 0.717) is 11.3 Å². The Bertz CT molecular complexity index is 659. The predicted molar refractivity (Wildman–Crippen MR) is 82.2 cm³/mol. The van der Waals surface area contributed by atoms with E-state index in [9.17, 15) is 9.59 Å². The third-order valence-electron chi connectivity index (χ3n) is 2.98. The minimum absolute atomic E-state index is 0.0644. The molecule has 2 aromatic rings. The molecule has 0 aliphatic rings. The average molecular weight is 320 g/mol. The second-order valence-corrected chi connectivity index (χ2v) is 5.71.